The molecule has 0 radical (unpaired) electrons. The van der Waals surface area contributed by atoms with Crippen molar-refractivity contribution in [1.82, 2.24) is 16.1 Å². The first-order valence-electron chi connectivity index (χ1n) is 11.3. The summed E-state index contributed by atoms with van der Waals surface area (Å²) in [4.78, 5) is 43.0. The fraction of sp³-hybridized carbons (Fsp3) is 0.565. The topological polar surface area (TPSA) is 223 Å². The molecule has 12 heteroatoms. The van der Waals surface area contributed by atoms with E-state index in [1.165, 1.54) is 0 Å². The van der Waals surface area contributed by atoms with Crippen LogP contribution in [-0.2, 0) is 20.8 Å². The van der Waals surface area contributed by atoms with Crippen molar-refractivity contribution >= 4 is 23.9 Å². The summed E-state index contributed by atoms with van der Waals surface area (Å²) in [5, 5.41) is 22.2. The number of amides is 3. The van der Waals surface area contributed by atoms with Gasteiger partial charge < -0.3 is 32.3 Å². The summed E-state index contributed by atoms with van der Waals surface area (Å²) in [5.41, 5.74) is 13.5. The van der Waals surface area contributed by atoms with Crippen LogP contribution in [0.1, 0.15) is 46.6 Å². The summed E-state index contributed by atoms with van der Waals surface area (Å²) in [6.07, 6.45) is 0.941. The third-order valence-corrected chi connectivity index (χ3v) is 4.43. The molecule has 0 bridgehead atoms. The van der Waals surface area contributed by atoms with Crippen molar-refractivity contribution in [3.63, 3.8) is 0 Å². The predicted octanol–water partition coefficient (Wildman–Crippen LogP) is 0.405. The Bertz CT molecular complexity index is 760. The number of nitrogens with two attached hydrogens (primary N) is 3. The molecule has 0 aromatic heterocycles. The van der Waals surface area contributed by atoms with Crippen molar-refractivity contribution in [2.75, 3.05) is 6.54 Å². The number of hydrazine groups is 1. The van der Waals surface area contributed by atoms with Crippen molar-refractivity contribution < 1.29 is 29.4 Å². The van der Waals surface area contributed by atoms with Crippen LogP contribution in [0, 0.1) is 11.8 Å². The molecule has 0 aliphatic heterocycles. The first-order valence-corrected chi connectivity index (χ1v) is 11.3. The first kappa shape index (κ1) is 34.0. The molecule has 0 saturated carbocycles. The van der Waals surface area contributed by atoms with E-state index in [1.807, 2.05) is 49.6 Å². The smallest absolute Gasteiger partial charge is 0.326 e. The number of hydrogen-bond donors (Lipinski definition) is 8. The van der Waals surface area contributed by atoms with E-state index in [9.17, 15) is 19.2 Å². The molecule has 0 fully saturated rings. The summed E-state index contributed by atoms with van der Waals surface area (Å²) in [6, 6.07) is 6.63. The Hall–Kier alpha value is -3.22. The first-order chi connectivity index (χ1) is 16.3. The van der Waals surface area contributed by atoms with Gasteiger partial charge in [-0.1, -0.05) is 58.0 Å². The van der Waals surface area contributed by atoms with Crippen LogP contribution in [0.25, 0.3) is 0 Å². The molecule has 0 saturated heterocycles. The average molecular weight is 499 g/mol. The number of carbonyl (C=O) groups is 4. The Kier molecular flexibility index (Phi) is 18.6. The van der Waals surface area contributed by atoms with E-state index >= 15 is 0 Å². The maximum absolute atomic E-state index is 11.3. The second-order valence-electron chi connectivity index (χ2n) is 8.44. The summed E-state index contributed by atoms with van der Waals surface area (Å²) >= 11 is 0. The number of hydrogen-bond acceptors (Lipinski definition) is 7. The van der Waals surface area contributed by atoms with Gasteiger partial charge in [0, 0.05) is 13.0 Å². The van der Waals surface area contributed by atoms with Gasteiger partial charge in [-0.15, -0.1) is 0 Å². The monoisotopic (exact) mass is 498 g/mol. The molecule has 1 rings (SSSR count). The van der Waals surface area contributed by atoms with Crippen LogP contribution in [0.2, 0.25) is 0 Å². The highest BCUT2D eigenvalue weighted by Gasteiger charge is 2.19. The lowest BCUT2D eigenvalue weighted by Gasteiger charge is -2.14. The van der Waals surface area contributed by atoms with Gasteiger partial charge in [0.2, 0.25) is 0 Å². The second-order valence-corrected chi connectivity index (χ2v) is 8.44. The standard InChI is InChI=1S/C12H16N2O3.C6H15N3O.C5H11NO2/c1-2-13-12(17)14-10(11(15)16)8-9-6-4-3-5-7-9;1-4(2)3-5(7)6(10)9-8;1-3(2)4(6)5(7)8/h3-7,10H,2,8H2,1H3,(H,15,16)(H2,13,14,17);4-5H,3,7-8H2,1-2H3,(H,9,10);3-4H,6H2,1-2H3,(H,7,8)/t10-;5-;4-/m000/s1. The lowest BCUT2D eigenvalue weighted by atomic mass is 10.0. The number of carbonyl (C=O) groups excluding carboxylic acids is 2. The van der Waals surface area contributed by atoms with Gasteiger partial charge in [0.25, 0.3) is 5.91 Å². The lowest BCUT2D eigenvalue weighted by molar-refractivity contribution is -0.140. The van der Waals surface area contributed by atoms with Gasteiger partial charge in [0.1, 0.15) is 12.1 Å². The minimum atomic E-state index is -1.04. The Balaban J connectivity index is 0. The molecule has 200 valence electrons. The van der Waals surface area contributed by atoms with Gasteiger partial charge in [-0.2, -0.15) is 0 Å². The Labute approximate surface area is 207 Å². The SMILES string of the molecule is CC(C)C[C@H](N)C(=O)NN.CC(C)[C@H](N)C(=O)O.CCNC(=O)N[C@@H](Cc1ccccc1)C(=O)O. The van der Waals surface area contributed by atoms with Crippen LogP contribution in [0.5, 0.6) is 0 Å². The molecule has 0 unspecified atom stereocenters. The van der Waals surface area contributed by atoms with Crippen molar-refractivity contribution in [2.24, 2.45) is 29.1 Å². The zero-order chi connectivity index (χ0) is 27.6. The Morgan fingerprint density at radius 3 is 1.83 bits per heavy atom. The minimum Gasteiger partial charge on any atom is -0.480 e. The fourth-order valence-corrected chi connectivity index (χ4v) is 2.43. The summed E-state index contributed by atoms with van der Waals surface area (Å²) in [6.45, 7) is 9.79. The molecule has 3 amide bonds. The van der Waals surface area contributed by atoms with Crippen molar-refractivity contribution in [1.29, 1.82) is 0 Å². The van der Waals surface area contributed by atoms with E-state index in [0.29, 0.717) is 18.9 Å². The third-order valence-electron chi connectivity index (χ3n) is 4.43. The maximum atomic E-state index is 11.3. The van der Waals surface area contributed by atoms with E-state index in [-0.39, 0.29) is 18.2 Å². The quantitative estimate of drug-likeness (QED) is 0.127. The number of urea groups is 1. The molecule has 1 aromatic carbocycles. The van der Waals surface area contributed by atoms with Crippen LogP contribution < -0.4 is 33.4 Å². The van der Waals surface area contributed by atoms with E-state index < -0.39 is 36.1 Å². The molecule has 3 atom stereocenters. The molecule has 0 spiro atoms. The van der Waals surface area contributed by atoms with Gasteiger partial charge in [0.05, 0.1) is 6.04 Å². The van der Waals surface area contributed by atoms with E-state index in [0.717, 1.165) is 5.56 Å². The molecule has 35 heavy (non-hydrogen) atoms. The van der Waals surface area contributed by atoms with Crippen LogP contribution in [-0.4, -0.2) is 58.8 Å². The largest absolute Gasteiger partial charge is 0.480 e. The van der Waals surface area contributed by atoms with Crippen LogP contribution in [0.4, 0.5) is 4.79 Å². The number of rotatable bonds is 10. The summed E-state index contributed by atoms with van der Waals surface area (Å²) in [7, 11) is 0. The number of carboxylic acid groups (broad SMARTS) is 2. The zero-order valence-electron chi connectivity index (χ0n) is 21.2. The number of carboxylic acids is 2. The highest BCUT2D eigenvalue weighted by Crippen LogP contribution is 2.03. The van der Waals surface area contributed by atoms with Gasteiger partial charge in [-0.3, -0.25) is 15.0 Å². The maximum Gasteiger partial charge on any atom is 0.326 e. The fourth-order valence-electron chi connectivity index (χ4n) is 2.43. The molecule has 11 N–H and O–H groups in total. The molecule has 1 aromatic rings. The van der Waals surface area contributed by atoms with E-state index in [1.54, 1.807) is 20.8 Å². The summed E-state index contributed by atoms with van der Waals surface area (Å²) in [5.74, 6) is 3.04. The van der Waals surface area contributed by atoms with Crippen LogP contribution >= 0.6 is 0 Å². The number of aliphatic carboxylic acids is 2. The van der Waals surface area contributed by atoms with E-state index in [4.69, 9.17) is 27.5 Å². The van der Waals surface area contributed by atoms with Crippen LogP contribution in [0.15, 0.2) is 30.3 Å². The van der Waals surface area contributed by atoms with E-state index in [2.05, 4.69) is 10.6 Å². The third kappa shape index (κ3) is 17.9. The predicted molar refractivity (Wildman–Crippen MR) is 134 cm³/mol. The molecule has 0 aliphatic rings. The zero-order valence-corrected chi connectivity index (χ0v) is 21.2. The van der Waals surface area contributed by atoms with Crippen molar-refractivity contribution in [2.45, 2.75) is 65.6 Å². The second kappa shape index (κ2) is 19.1. The van der Waals surface area contributed by atoms with Gasteiger partial charge >= 0.3 is 18.0 Å². The molecule has 0 heterocycles. The highest BCUT2D eigenvalue weighted by atomic mass is 16.4. The van der Waals surface area contributed by atoms with Crippen molar-refractivity contribution in [3.8, 4) is 0 Å². The number of benzene rings is 1. The van der Waals surface area contributed by atoms with Gasteiger partial charge in [-0.05, 0) is 30.7 Å². The van der Waals surface area contributed by atoms with Crippen LogP contribution in [0.3, 0.4) is 0 Å². The van der Waals surface area contributed by atoms with Gasteiger partial charge in [0.15, 0.2) is 0 Å². The normalized spacial score (nSPS) is 12.6. The Morgan fingerprint density at radius 2 is 1.49 bits per heavy atom. The molecule has 0 aliphatic carbocycles. The minimum absolute atomic E-state index is 0.0208. The number of nitrogens with one attached hydrogen (secondary N) is 3. The summed E-state index contributed by atoms with van der Waals surface area (Å²) < 4.78 is 0. The molecule has 12 nitrogen and oxygen atoms in total. The average Bonchev–Trinajstić information content (AvgIpc) is 2.78. The molecular weight excluding hydrogens is 456 g/mol. The highest BCUT2D eigenvalue weighted by molar-refractivity contribution is 5.82. The van der Waals surface area contributed by atoms with Crippen molar-refractivity contribution in [3.05, 3.63) is 35.9 Å². The lowest BCUT2D eigenvalue weighted by Crippen LogP contribution is -2.47. The molecular formula is C23H42N6O6. The van der Waals surface area contributed by atoms with Gasteiger partial charge in [-0.25, -0.2) is 15.4 Å². The Morgan fingerprint density at radius 1 is 0.943 bits per heavy atom.